The van der Waals surface area contributed by atoms with Gasteiger partial charge in [-0.2, -0.15) is 0 Å². The summed E-state index contributed by atoms with van der Waals surface area (Å²) in [6, 6.07) is 6.06. The van der Waals surface area contributed by atoms with Crippen LogP contribution in [0, 0.1) is 0 Å². The first kappa shape index (κ1) is 12.8. The van der Waals surface area contributed by atoms with Crippen LogP contribution in [-0.2, 0) is 17.6 Å². The number of carbonyl (C=O) groups is 1. The van der Waals surface area contributed by atoms with E-state index in [0.717, 1.165) is 30.4 Å². The Bertz CT molecular complexity index is 356. The zero-order valence-corrected chi connectivity index (χ0v) is 10.4. The first-order chi connectivity index (χ1) is 7.72. The van der Waals surface area contributed by atoms with Gasteiger partial charge in [0.2, 0.25) is 0 Å². The van der Waals surface area contributed by atoms with E-state index in [1.54, 1.807) is 0 Å². The van der Waals surface area contributed by atoms with Gasteiger partial charge >= 0.3 is 5.97 Å². The number of benzene rings is 1. The topological polar surface area (TPSA) is 26.3 Å². The van der Waals surface area contributed by atoms with Gasteiger partial charge in [-0.1, -0.05) is 32.9 Å². The molecule has 0 aliphatic heterocycles. The predicted octanol–water partition coefficient (Wildman–Crippen LogP) is 3.38. The molecule has 0 unspecified atom stereocenters. The quantitative estimate of drug-likeness (QED) is 0.711. The highest BCUT2D eigenvalue weighted by atomic mass is 16.5. The van der Waals surface area contributed by atoms with E-state index in [9.17, 15) is 4.79 Å². The number of ether oxygens (including phenoxy) is 1. The minimum absolute atomic E-state index is 0.186. The van der Waals surface area contributed by atoms with Gasteiger partial charge in [0.1, 0.15) is 0 Å². The van der Waals surface area contributed by atoms with Gasteiger partial charge in [-0.3, -0.25) is 0 Å². The highest BCUT2D eigenvalue weighted by Gasteiger charge is 2.11. The van der Waals surface area contributed by atoms with Crippen LogP contribution in [0.4, 0.5) is 0 Å². The standard InChI is InChI=1S/C14H20O2/c1-4-9-16-14(15)13-10-11(5-2)7-8-12(13)6-3/h7-8,10H,4-6,9H2,1-3H3. The van der Waals surface area contributed by atoms with Crippen LogP contribution in [0.25, 0.3) is 0 Å². The van der Waals surface area contributed by atoms with Crippen molar-refractivity contribution < 1.29 is 9.53 Å². The molecule has 88 valence electrons. The van der Waals surface area contributed by atoms with Crippen LogP contribution in [0.2, 0.25) is 0 Å². The van der Waals surface area contributed by atoms with Crippen molar-refractivity contribution >= 4 is 5.97 Å². The van der Waals surface area contributed by atoms with Crippen LogP contribution in [0.1, 0.15) is 48.7 Å². The Hall–Kier alpha value is -1.31. The van der Waals surface area contributed by atoms with E-state index < -0.39 is 0 Å². The zero-order valence-electron chi connectivity index (χ0n) is 10.4. The van der Waals surface area contributed by atoms with Gasteiger partial charge in [0, 0.05) is 0 Å². The molecule has 2 heteroatoms. The molecule has 0 fully saturated rings. The number of aryl methyl sites for hydroxylation is 2. The summed E-state index contributed by atoms with van der Waals surface area (Å²) in [5, 5.41) is 0. The van der Waals surface area contributed by atoms with E-state index in [2.05, 4.69) is 19.9 Å². The number of esters is 1. The lowest BCUT2D eigenvalue weighted by Gasteiger charge is -2.09. The van der Waals surface area contributed by atoms with Crippen molar-refractivity contribution in [2.24, 2.45) is 0 Å². The van der Waals surface area contributed by atoms with Crippen molar-refractivity contribution in [2.75, 3.05) is 6.61 Å². The van der Waals surface area contributed by atoms with Gasteiger partial charge in [-0.25, -0.2) is 4.79 Å². The maximum Gasteiger partial charge on any atom is 0.338 e. The lowest BCUT2D eigenvalue weighted by atomic mass is 10.0. The van der Waals surface area contributed by atoms with Gasteiger partial charge in [-0.15, -0.1) is 0 Å². The number of carbonyl (C=O) groups excluding carboxylic acids is 1. The van der Waals surface area contributed by atoms with E-state index in [0.29, 0.717) is 6.61 Å². The Labute approximate surface area is 97.6 Å². The predicted molar refractivity (Wildman–Crippen MR) is 65.8 cm³/mol. The van der Waals surface area contributed by atoms with Crippen molar-refractivity contribution in [3.63, 3.8) is 0 Å². The Kier molecular flexibility index (Phi) is 5.03. The molecule has 0 aromatic heterocycles. The lowest BCUT2D eigenvalue weighted by Crippen LogP contribution is -2.09. The molecule has 0 spiro atoms. The third-order valence-corrected chi connectivity index (χ3v) is 2.62. The third-order valence-electron chi connectivity index (χ3n) is 2.62. The van der Waals surface area contributed by atoms with E-state index in [1.807, 2.05) is 19.1 Å². The second kappa shape index (κ2) is 6.31. The molecule has 0 saturated heterocycles. The van der Waals surface area contributed by atoms with Gasteiger partial charge in [0.05, 0.1) is 12.2 Å². The molecule has 2 nitrogen and oxygen atoms in total. The third kappa shape index (κ3) is 3.09. The van der Waals surface area contributed by atoms with E-state index in [-0.39, 0.29) is 5.97 Å². The second-order valence-corrected chi connectivity index (χ2v) is 3.83. The molecule has 0 saturated carbocycles. The molecule has 0 N–H and O–H groups in total. The molecular weight excluding hydrogens is 200 g/mol. The Morgan fingerprint density at radius 1 is 1.19 bits per heavy atom. The molecule has 1 aromatic carbocycles. The molecule has 0 radical (unpaired) electrons. The molecule has 0 atom stereocenters. The van der Waals surface area contributed by atoms with Crippen LogP contribution in [0.15, 0.2) is 18.2 Å². The molecule has 0 aliphatic carbocycles. The fraction of sp³-hybridized carbons (Fsp3) is 0.500. The van der Waals surface area contributed by atoms with Crippen LogP contribution in [0.5, 0.6) is 0 Å². The smallest absolute Gasteiger partial charge is 0.338 e. The molecule has 0 bridgehead atoms. The highest BCUT2D eigenvalue weighted by molar-refractivity contribution is 5.91. The summed E-state index contributed by atoms with van der Waals surface area (Å²) in [6.07, 6.45) is 2.67. The van der Waals surface area contributed by atoms with Crippen LogP contribution in [-0.4, -0.2) is 12.6 Å². The summed E-state index contributed by atoms with van der Waals surface area (Å²) in [6.45, 7) is 6.63. The molecule has 16 heavy (non-hydrogen) atoms. The van der Waals surface area contributed by atoms with Gasteiger partial charge in [-0.05, 0) is 36.5 Å². The second-order valence-electron chi connectivity index (χ2n) is 3.83. The SMILES string of the molecule is CCCOC(=O)c1cc(CC)ccc1CC. The normalized spacial score (nSPS) is 10.2. The van der Waals surface area contributed by atoms with E-state index in [4.69, 9.17) is 4.74 Å². The summed E-state index contributed by atoms with van der Waals surface area (Å²) in [5.41, 5.74) is 2.98. The largest absolute Gasteiger partial charge is 0.462 e. The fourth-order valence-corrected chi connectivity index (χ4v) is 1.61. The zero-order chi connectivity index (χ0) is 12.0. The summed E-state index contributed by atoms with van der Waals surface area (Å²) in [5.74, 6) is -0.186. The van der Waals surface area contributed by atoms with Crippen molar-refractivity contribution in [3.05, 3.63) is 34.9 Å². The maximum atomic E-state index is 11.8. The number of hydrogen-bond acceptors (Lipinski definition) is 2. The molecule has 1 rings (SSSR count). The van der Waals surface area contributed by atoms with Gasteiger partial charge in [0.15, 0.2) is 0 Å². The Balaban J connectivity index is 2.94. The highest BCUT2D eigenvalue weighted by Crippen LogP contribution is 2.15. The van der Waals surface area contributed by atoms with Gasteiger partial charge in [0.25, 0.3) is 0 Å². The monoisotopic (exact) mass is 220 g/mol. The Morgan fingerprint density at radius 2 is 1.94 bits per heavy atom. The average Bonchev–Trinajstić information content (AvgIpc) is 2.35. The van der Waals surface area contributed by atoms with E-state index in [1.165, 1.54) is 5.56 Å². The van der Waals surface area contributed by atoms with Crippen LogP contribution >= 0.6 is 0 Å². The van der Waals surface area contributed by atoms with Crippen molar-refractivity contribution in [3.8, 4) is 0 Å². The van der Waals surface area contributed by atoms with Crippen molar-refractivity contribution in [1.29, 1.82) is 0 Å². The molecule has 0 amide bonds. The van der Waals surface area contributed by atoms with Crippen molar-refractivity contribution in [2.45, 2.75) is 40.0 Å². The minimum Gasteiger partial charge on any atom is -0.462 e. The molecule has 0 heterocycles. The Morgan fingerprint density at radius 3 is 2.50 bits per heavy atom. The fourth-order valence-electron chi connectivity index (χ4n) is 1.61. The molecule has 0 aliphatic rings. The van der Waals surface area contributed by atoms with Crippen LogP contribution in [0.3, 0.4) is 0 Å². The van der Waals surface area contributed by atoms with Gasteiger partial charge < -0.3 is 4.74 Å². The average molecular weight is 220 g/mol. The summed E-state index contributed by atoms with van der Waals surface area (Å²) < 4.78 is 5.18. The number of hydrogen-bond donors (Lipinski definition) is 0. The van der Waals surface area contributed by atoms with E-state index >= 15 is 0 Å². The molecule has 1 aromatic rings. The maximum absolute atomic E-state index is 11.8. The first-order valence-electron chi connectivity index (χ1n) is 6.01. The summed E-state index contributed by atoms with van der Waals surface area (Å²) in [7, 11) is 0. The summed E-state index contributed by atoms with van der Waals surface area (Å²) >= 11 is 0. The summed E-state index contributed by atoms with van der Waals surface area (Å²) in [4.78, 5) is 11.8. The molecular formula is C14H20O2. The first-order valence-corrected chi connectivity index (χ1v) is 6.01. The number of rotatable bonds is 5. The van der Waals surface area contributed by atoms with Crippen LogP contribution < -0.4 is 0 Å². The lowest BCUT2D eigenvalue weighted by molar-refractivity contribution is 0.0504. The minimum atomic E-state index is -0.186. The van der Waals surface area contributed by atoms with Crippen molar-refractivity contribution in [1.82, 2.24) is 0 Å².